The summed E-state index contributed by atoms with van der Waals surface area (Å²) >= 11 is 6.36. The maximum atomic E-state index is 12.8. The van der Waals surface area contributed by atoms with E-state index in [1.165, 1.54) is 0 Å². The second kappa shape index (κ2) is 8.93. The van der Waals surface area contributed by atoms with Gasteiger partial charge in [-0.25, -0.2) is 0 Å². The van der Waals surface area contributed by atoms with Crippen LogP contribution in [-0.4, -0.2) is 63.9 Å². The van der Waals surface area contributed by atoms with Gasteiger partial charge >= 0.3 is 0 Å². The minimum absolute atomic E-state index is 0.0921. The number of hydrogen-bond donors (Lipinski definition) is 2. The van der Waals surface area contributed by atoms with Crippen LogP contribution in [0.3, 0.4) is 0 Å². The molecule has 0 atom stereocenters. The molecule has 0 aromatic heterocycles. The van der Waals surface area contributed by atoms with Gasteiger partial charge in [-0.15, -0.1) is 0 Å². The molecule has 1 aromatic rings. The summed E-state index contributed by atoms with van der Waals surface area (Å²) in [6, 6.07) is 1.91. The number of nitrogens with zero attached hydrogens (tertiary/aromatic N) is 1. The minimum Gasteiger partial charge on any atom is -0.492 e. The van der Waals surface area contributed by atoms with Crippen LogP contribution >= 0.6 is 11.6 Å². The van der Waals surface area contributed by atoms with Crippen LogP contribution in [0.25, 0.3) is 0 Å². The molecular weight excluding hydrogens is 354 g/mol. The highest BCUT2D eigenvalue weighted by atomic mass is 35.5. The van der Waals surface area contributed by atoms with E-state index in [1.54, 1.807) is 13.2 Å². The molecule has 2 aliphatic rings. The first-order chi connectivity index (χ1) is 12.6. The predicted octanol–water partition coefficient (Wildman–Crippen LogP) is 2.55. The zero-order valence-electron chi connectivity index (χ0n) is 15.6. The summed E-state index contributed by atoms with van der Waals surface area (Å²) in [5.74, 6) is 0.582. The lowest BCUT2D eigenvalue weighted by Gasteiger charge is -2.32. The van der Waals surface area contributed by atoms with Crippen LogP contribution in [0.1, 0.15) is 35.2 Å². The van der Waals surface area contributed by atoms with Crippen molar-refractivity contribution in [1.82, 2.24) is 10.2 Å². The molecule has 1 fully saturated rings. The molecule has 0 spiro atoms. The number of methoxy groups -OCH3 is 1. The molecule has 0 radical (unpaired) electrons. The summed E-state index contributed by atoms with van der Waals surface area (Å²) in [6.45, 7) is 4.44. The van der Waals surface area contributed by atoms with Crippen molar-refractivity contribution in [2.24, 2.45) is 0 Å². The fourth-order valence-corrected chi connectivity index (χ4v) is 4.10. The molecule has 0 unspecified atom stereocenters. The number of carbonyl (C=O) groups is 1. The molecule has 3 rings (SSSR count). The highest BCUT2D eigenvalue weighted by Crippen LogP contribution is 2.40. The standard InChI is InChI=1S/C19H28ClN3O3/c1-21-17-14-6-11-26-18(14)15(12-16(17)20)19(24)22-13-4-8-23(9-5-13)7-3-10-25-2/h12-13,21H,3-11H2,1-2H3,(H,22,24). The third kappa shape index (κ3) is 4.24. The number of carbonyl (C=O) groups excluding carboxylic acids is 1. The topological polar surface area (TPSA) is 62.8 Å². The van der Waals surface area contributed by atoms with E-state index in [9.17, 15) is 4.79 Å². The monoisotopic (exact) mass is 381 g/mol. The molecular formula is C19H28ClN3O3. The Morgan fingerprint density at radius 3 is 2.88 bits per heavy atom. The normalized spacial score (nSPS) is 17.7. The van der Waals surface area contributed by atoms with E-state index in [0.717, 1.165) is 63.2 Å². The Morgan fingerprint density at radius 1 is 1.42 bits per heavy atom. The number of piperidine rings is 1. The van der Waals surface area contributed by atoms with Crippen LogP contribution in [0.15, 0.2) is 6.07 Å². The van der Waals surface area contributed by atoms with Crippen LogP contribution < -0.4 is 15.4 Å². The van der Waals surface area contributed by atoms with Gasteiger partial charge in [0.25, 0.3) is 5.91 Å². The molecule has 26 heavy (non-hydrogen) atoms. The SMILES string of the molecule is CNc1c(Cl)cc(C(=O)NC2CCN(CCCOC)CC2)c2c1CCO2. The van der Waals surface area contributed by atoms with Crippen LogP contribution in [0.2, 0.25) is 5.02 Å². The number of amides is 1. The van der Waals surface area contributed by atoms with Gasteiger partial charge in [0.1, 0.15) is 5.75 Å². The average molecular weight is 382 g/mol. The molecule has 0 bridgehead atoms. The van der Waals surface area contributed by atoms with Crippen LogP contribution in [0, 0.1) is 0 Å². The van der Waals surface area contributed by atoms with Gasteiger partial charge in [0, 0.05) is 58.4 Å². The lowest BCUT2D eigenvalue weighted by Crippen LogP contribution is -2.45. The minimum atomic E-state index is -0.0921. The van der Waals surface area contributed by atoms with Crippen molar-refractivity contribution in [2.75, 3.05) is 52.3 Å². The van der Waals surface area contributed by atoms with Gasteiger partial charge in [0.05, 0.1) is 22.9 Å². The van der Waals surface area contributed by atoms with Crippen LogP contribution in [-0.2, 0) is 11.2 Å². The number of benzene rings is 1. The molecule has 6 nitrogen and oxygen atoms in total. The summed E-state index contributed by atoms with van der Waals surface area (Å²) in [6.07, 6.45) is 3.74. The summed E-state index contributed by atoms with van der Waals surface area (Å²) in [5, 5.41) is 6.84. The lowest BCUT2D eigenvalue weighted by atomic mass is 10.0. The summed E-state index contributed by atoms with van der Waals surface area (Å²) in [5.41, 5.74) is 2.40. The Kier molecular flexibility index (Phi) is 6.62. The van der Waals surface area contributed by atoms with Crippen molar-refractivity contribution in [1.29, 1.82) is 0 Å². The summed E-state index contributed by atoms with van der Waals surface area (Å²) < 4.78 is 10.8. The predicted molar refractivity (Wildman–Crippen MR) is 104 cm³/mol. The van der Waals surface area contributed by atoms with Gasteiger partial charge in [-0.05, 0) is 25.3 Å². The summed E-state index contributed by atoms with van der Waals surface area (Å²) in [4.78, 5) is 15.2. The number of likely N-dealkylation sites (tertiary alicyclic amines) is 1. The van der Waals surface area contributed by atoms with E-state index in [0.29, 0.717) is 22.9 Å². The number of halogens is 1. The Morgan fingerprint density at radius 2 is 2.19 bits per heavy atom. The first-order valence-electron chi connectivity index (χ1n) is 9.32. The van der Waals surface area contributed by atoms with Gasteiger partial charge < -0.3 is 25.0 Å². The van der Waals surface area contributed by atoms with Crippen molar-refractivity contribution < 1.29 is 14.3 Å². The Bertz CT molecular complexity index is 645. The Labute approximate surface area is 160 Å². The van der Waals surface area contributed by atoms with Crippen molar-refractivity contribution in [3.63, 3.8) is 0 Å². The number of rotatable bonds is 7. The molecule has 2 N–H and O–H groups in total. The molecule has 1 aromatic carbocycles. The Hall–Kier alpha value is -1.50. The zero-order chi connectivity index (χ0) is 18.5. The largest absolute Gasteiger partial charge is 0.492 e. The van der Waals surface area contributed by atoms with Gasteiger partial charge in [-0.2, -0.15) is 0 Å². The molecule has 2 heterocycles. The van der Waals surface area contributed by atoms with Crippen molar-refractivity contribution in [3.8, 4) is 5.75 Å². The van der Waals surface area contributed by atoms with E-state index in [-0.39, 0.29) is 11.9 Å². The lowest BCUT2D eigenvalue weighted by molar-refractivity contribution is 0.0904. The van der Waals surface area contributed by atoms with E-state index in [1.807, 2.05) is 7.05 Å². The maximum absolute atomic E-state index is 12.8. The number of fused-ring (bicyclic) bond motifs is 1. The van der Waals surface area contributed by atoms with Gasteiger partial charge in [0.2, 0.25) is 0 Å². The van der Waals surface area contributed by atoms with Gasteiger partial charge in [0.15, 0.2) is 0 Å². The molecule has 0 saturated carbocycles. The van der Waals surface area contributed by atoms with Crippen molar-refractivity contribution >= 4 is 23.2 Å². The highest BCUT2D eigenvalue weighted by molar-refractivity contribution is 6.34. The third-order valence-electron chi connectivity index (χ3n) is 5.17. The van der Waals surface area contributed by atoms with Crippen molar-refractivity contribution in [3.05, 3.63) is 22.2 Å². The smallest absolute Gasteiger partial charge is 0.255 e. The quantitative estimate of drug-likeness (QED) is 0.711. The second-order valence-electron chi connectivity index (χ2n) is 6.87. The molecule has 1 amide bonds. The first-order valence-corrected chi connectivity index (χ1v) is 9.70. The maximum Gasteiger partial charge on any atom is 0.255 e. The Balaban J connectivity index is 1.60. The van der Waals surface area contributed by atoms with E-state index in [2.05, 4.69) is 15.5 Å². The fraction of sp³-hybridized carbons (Fsp3) is 0.632. The molecule has 144 valence electrons. The molecule has 0 aliphatic carbocycles. The van der Waals surface area contributed by atoms with Crippen molar-refractivity contribution in [2.45, 2.75) is 31.7 Å². The number of hydrogen-bond acceptors (Lipinski definition) is 5. The molecule has 1 saturated heterocycles. The van der Waals surface area contributed by atoms with Crippen LogP contribution in [0.5, 0.6) is 5.75 Å². The number of ether oxygens (including phenoxy) is 2. The van der Waals surface area contributed by atoms with E-state index in [4.69, 9.17) is 21.1 Å². The highest BCUT2D eigenvalue weighted by Gasteiger charge is 2.28. The third-order valence-corrected chi connectivity index (χ3v) is 5.47. The fourth-order valence-electron chi connectivity index (χ4n) is 3.78. The van der Waals surface area contributed by atoms with Crippen LogP contribution in [0.4, 0.5) is 5.69 Å². The molecule has 2 aliphatic heterocycles. The number of nitrogens with one attached hydrogen (secondary N) is 2. The second-order valence-corrected chi connectivity index (χ2v) is 7.28. The average Bonchev–Trinajstić information content (AvgIpc) is 3.12. The zero-order valence-corrected chi connectivity index (χ0v) is 16.3. The van der Waals surface area contributed by atoms with E-state index < -0.39 is 0 Å². The first kappa shape index (κ1) is 19.3. The molecule has 7 heteroatoms. The number of anilines is 1. The van der Waals surface area contributed by atoms with Gasteiger partial charge in [-0.1, -0.05) is 11.6 Å². The van der Waals surface area contributed by atoms with Gasteiger partial charge in [-0.3, -0.25) is 4.79 Å². The van der Waals surface area contributed by atoms with E-state index >= 15 is 0 Å². The summed E-state index contributed by atoms with van der Waals surface area (Å²) in [7, 11) is 3.57.